The molecule has 0 bridgehead atoms. The third-order valence-electron chi connectivity index (χ3n) is 3.91. The first-order valence-electron chi connectivity index (χ1n) is 6.77. The highest BCUT2D eigenvalue weighted by Gasteiger charge is 2.27. The number of hydrogen-bond acceptors (Lipinski definition) is 2. The third kappa shape index (κ3) is 3.03. The molecule has 0 aliphatic carbocycles. The standard InChI is InChI=1S/C15H22N2O/c1-12-7-6-10-17(13(12)2)15(18)11-16-14-8-4-3-5-9-14/h3-5,8-9,12-13,16H,6-7,10-11H2,1-2H3. The molecular formula is C15H22N2O. The van der Waals surface area contributed by atoms with Crippen molar-refractivity contribution in [1.82, 2.24) is 4.90 Å². The fourth-order valence-electron chi connectivity index (χ4n) is 2.52. The average molecular weight is 246 g/mol. The number of carbonyl (C=O) groups excluding carboxylic acids is 1. The number of rotatable bonds is 3. The van der Waals surface area contributed by atoms with E-state index in [0.717, 1.165) is 18.7 Å². The molecule has 3 nitrogen and oxygen atoms in total. The number of piperidine rings is 1. The van der Waals surface area contributed by atoms with Gasteiger partial charge in [0.2, 0.25) is 5.91 Å². The molecule has 1 fully saturated rings. The van der Waals surface area contributed by atoms with Crippen LogP contribution in [0.25, 0.3) is 0 Å². The van der Waals surface area contributed by atoms with Crippen LogP contribution in [0.5, 0.6) is 0 Å². The molecule has 2 atom stereocenters. The van der Waals surface area contributed by atoms with Gasteiger partial charge in [-0.2, -0.15) is 0 Å². The number of benzene rings is 1. The molecule has 98 valence electrons. The van der Waals surface area contributed by atoms with E-state index in [9.17, 15) is 4.79 Å². The van der Waals surface area contributed by atoms with Gasteiger partial charge >= 0.3 is 0 Å². The van der Waals surface area contributed by atoms with Crippen molar-refractivity contribution in [3.8, 4) is 0 Å². The third-order valence-corrected chi connectivity index (χ3v) is 3.91. The summed E-state index contributed by atoms with van der Waals surface area (Å²) < 4.78 is 0. The molecule has 1 amide bonds. The van der Waals surface area contributed by atoms with E-state index < -0.39 is 0 Å². The van der Waals surface area contributed by atoms with Crippen molar-refractivity contribution >= 4 is 11.6 Å². The Hall–Kier alpha value is -1.51. The molecule has 18 heavy (non-hydrogen) atoms. The van der Waals surface area contributed by atoms with Crippen LogP contribution in [0.3, 0.4) is 0 Å². The monoisotopic (exact) mass is 246 g/mol. The summed E-state index contributed by atoms with van der Waals surface area (Å²) in [7, 11) is 0. The Bertz CT molecular complexity index is 391. The van der Waals surface area contributed by atoms with Crippen molar-refractivity contribution in [1.29, 1.82) is 0 Å². The normalized spacial score (nSPS) is 23.8. The zero-order valence-corrected chi connectivity index (χ0v) is 11.2. The molecule has 2 unspecified atom stereocenters. The van der Waals surface area contributed by atoms with E-state index in [2.05, 4.69) is 19.2 Å². The summed E-state index contributed by atoms with van der Waals surface area (Å²) in [6.45, 7) is 5.68. The highest BCUT2D eigenvalue weighted by molar-refractivity contribution is 5.81. The van der Waals surface area contributed by atoms with Crippen LogP contribution in [-0.4, -0.2) is 29.9 Å². The van der Waals surface area contributed by atoms with E-state index in [1.165, 1.54) is 6.42 Å². The molecular weight excluding hydrogens is 224 g/mol. The number of carbonyl (C=O) groups is 1. The summed E-state index contributed by atoms with van der Waals surface area (Å²) >= 11 is 0. The highest BCUT2D eigenvalue weighted by Crippen LogP contribution is 2.22. The topological polar surface area (TPSA) is 32.3 Å². The minimum atomic E-state index is 0.206. The number of nitrogens with one attached hydrogen (secondary N) is 1. The van der Waals surface area contributed by atoms with E-state index in [4.69, 9.17) is 0 Å². The van der Waals surface area contributed by atoms with Crippen molar-refractivity contribution in [2.24, 2.45) is 5.92 Å². The molecule has 1 aromatic carbocycles. The van der Waals surface area contributed by atoms with Crippen LogP contribution in [0, 0.1) is 5.92 Å². The fraction of sp³-hybridized carbons (Fsp3) is 0.533. The maximum absolute atomic E-state index is 12.2. The Labute approximate surface area is 109 Å². The summed E-state index contributed by atoms with van der Waals surface area (Å²) in [6, 6.07) is 10.2. The van der Waals surface area contributed by atoms with E-state index in [1.54, 1.807) is 0 Å². The smallest absolute Gasteiger partial charge is 0.242 e. The van der Waals surface area contributed by atoms with Crippen LogP contribution in [0.15, 0.2) is 30.3 Å². The SMILES string of the molecule is CC1CCCN(C(=O)CNc2ccccc2)C1C. The average Bonchev–Trinajstić information content (AvgIpc) is 2.40. The van der Waals surface area contributed by atoms with E-state index in [-0.39, 0.29) is 5.91 Å². The molecule has 1 aliphatic heterocycles. The number of para-hydroxylation sites is 1. The second kappa shape index (κ2) is 5.89. The maximum Gasteiger partial charge on any atom is 0.242 e. The van der Waals surface area contributed by atoms with Crippen LogP contribution < -0.4 is 5.32 Å². The fourth-order valence-corrected chi connectivity index (χ4v) is 2.52. The van der Waals surface area contributed by atoms with Gasteiger partial charge in [0.25, 0.3) is 0 Å². The quantitative estimate of drug-likeness (QED) is 0.889. The Kier molecular flexibility index (Phi) is 4.24. The first-order valence-corrected chi connectivity index (χ1v) is 6.77. The second-order valence-electron chi connectivity index (χ2n) is 5.17. The van der Waals surface area contributed by atoms with Gasteiger partial charge in [0.05, 0.1) is 6.54 Å². The van der Waals surface area contributed by atoms with E-state index in [0.29, 0.717) is 18.5 Å². The number of hydrogen-bond donors (Lipinski definition) is 1. The molecule has 1 N–H and O–H groups in total. The minimum Gasteiger partial charge on any atom is -0.376 e. The van der Waals surface area contributed by atoms with Crippen LogP contribution in [0.4, 0.5) is 5.69 Å². The van der Waals surface area contributed by atoms with Crippen molar-refractivity contribution in [3.63, 3.8) is 0 Å². The number of anilines is 1. The van der Waals surface area contributed by atoms with Gasteiger partial charge in [0, 0.05) is 18.3 Å². The summed E-state index contributed by atoms with van der Waals surface area (Å²) in [5, 5.41) is 3.19. The largest absolute Gasteiger partial charge is 0.376 e. The Balaban J connectivity index is 1.88. The predicted octanol–water partition coefficient (Wildman–Crippen LogP) is 2.75. The van der Waals surface area contributed by atoms with Gasteiger partial charge in [-0.1, -0.05) is 25.1 Å². The lowest BCUT2D eigenvalue weighted by Gasteiger charge is -2.38. The lowest BCUT2D eigenvalue weighted by Crippen LogP contribution is -2.48. The Morgan fingerprint density at radius 2 is 2.06 bits per heavy atom. The molecule has 3 heteroatoms. The van der Waals surface area contributed by atoms with Gasteiger partial charge < -0.3 is 10.2 Å². The van der Waals surface area contributed by atoms with Gasteiger partial charge in [-0.05, 0) is 37.8 Å². The van der Waals surface area contributed by atoms with Crippen LogP contribution >= 0.6 is 0 Å². The molecule has 1 aliphatic rings. The van der Waals surface area contributed by atoms with Crippen molar-refractivity contribution < 1.29 is 4.79 Å². The molecule has 1 saturated heterocycles. The van der Waals surface area contributed by atoms with Gasteiger partial charge in [0.1, 0.15) is 0 Å². The van der Waals surface area contributed by atoms with E-state index >= 15 is 0 Å². The number of amides is 1. The molecule has 0 saturated carbocycles. The Morgan fingerprint density at radius 1 is 1.33 bits per heavy atom. The van der Waals surface area contributed by atoms with Crippen molar-refractivity contribution in [2.75, 3.05) is 18.4 Å². The summed E-state index contributed by atoms with van der Waals surface area (Å²) in [6.07, 6.45) is 2.36. The summed E-state index contributed by atoms with van der Waals surface area (Å²) in [5.74, 6) is 0.817. The first kappa shape index (κ1) is 12.9. The summed E-state index contributed by atoms with van der Waals surface area (Å²) in [5.41, 5.74) is 1.00. The molecule has 0 spiro atoms. The molecule has 1 aromatic rings. The minimum absolute atomic E-state index is 0.206. The predicted molar refractivity (Wildman–Crippen MR) is 74.5 cm³/mol. The zero-order chi connectivity index (χ0) is 13.0. The molecule has 2 rings (SSSR count). The summed E-state index contributed by atoms with van der Waals surface area (Å²) in [4.78, 5) is 14.2. The van der Waals surface area contributed by atoms with Gasteiger partial charge in [-0.25, -0.2) is 0 Å². The maximum atomic E-state index is 12.2. The van der Waals surface area contributed by atoms with Gasteiger partial charge in [0.15, 0.2) is 0 Å². The molecule has 0 aromatic heterocycles. The first-order chi connectivity index (χ1) is 8.68. The van der Waals surface area contributed by atoms with Crippen molar-refractivity contribution in [3.05, 3.63) is 30.3 Å². The van der Waals surface area contributed by atoms with Crippen LogP contribution in [0.1, 0.15) is 26.7 Å². The van der Waals surface area contributed by atoms with Crippen LogP contribution in [0.2, 0.25) is 0 Å². The lowest BCUT2D eigenvalue weighted by molar-refractivity contribution is -0.133. The highest BCUT2D eigenvalue weighted by atomic mass is 16.2. The molecule has 1 heterocycles. The number of likely N-dealkylation sites (tertiary alicyclic amines) is 1. The second-order valence-corrected chi connectivity index (χ2v) is 5.17. The van der Waals surface area contributed by atoms with Crippen LogP contribution in [-0.2, 0) is 4.79 Å². The van der Waals surface area contributed by atoms with Gasteiger partial charge in [-0.3, -0.25) is 4.79 Å². The van der Waals surface area contributed by atoms with Gasteiger partial charge in [-0.15, -0.1) is 0 Å². The van der Waals surface area contributed by atoms with Crippen molar-refractivity contribution in [2.45, 2.75) is 32.7 Å². The Morgan fingerprint density at radius 3 is 2.78 bits per heavy atom. The zero-order valence-electron chi connectivity index (χ0n) is 11.2. The lowest BCUT2D eigenvalue weighted by atomic mass is 9.92. The number of nitrogens with zero attached hydrogens (tertiary/aromatic N) is 1. The molecule has 0 radical (unpaired) electrons. The van der Waals surface area contributed by atoms with E-state index in [1.807, 2.05) is 35.2 Å².